The van der Waals surface area contributed by atoms with Crippen LogP contribution in [0.25, 0.3) is 22.1 Å². The van der Waals surface area contributed by atoms with Crippen LogP contribution in [0.2, 0.25) is 0 Å². The second-order valence-electron chi connectivity index (χ2n) is 7.84. The normalized spacial score (nSPS) is 11.9. The van der Waals surface area contributed by atoms with Crippen LogP contribution in [0.3, 0.4) is 0 Å². The van der Waals surface area contributed by atoms with Gasteiger partial charge in [-0.1, -0.05) is 13.0 Å². The number of carbonyl (C=O) groups is 1. The lowest BCUT2D eigenvalue weighted by Crippen LogP contribution is -2.23. The van der Waals surface area contributed by atoms with E-state index < -0.39 is 5.60 Å². The number of carbonyl (C=O) groups excluding carboxylic acids is 1. The fourth-order valence-electron chi connectivity index (χ4n) is 3.25. The number of rotatable bonds is 6. The Kier molecular flexibility index (Phi) is 4.95. The SMILES string of the molecule is CCCNC(=O)c1ccc2c(c1)nc(Nc1nc3ccc(C(C)(C)O)cc3o1)n2C. The lowest BCUT2D eigenvalue weighted by molar-refractivity contribution is 0.0786. The fourth-order valence-corrected chi connectivity index (χ4v) is 3.25. The first-order valence-corrected chi connectivity index (χ1v) is 9.91. The van der Waals surface area contributed by atoms with Gasteiger partial charge in [-0.25, -0.2) is 4.98 Å². The van der Waals surface area contributed by atoms with E-state index in [1.54, 1.807) is 32.0 Å². The van der Waals surface area contributed by atoms with Gasteiger partial charge in [0.05, 0.1) is 16.6 Å². The van der Waals surface area contributed by atoms with Crippen LogP contribution in [0, 0.1) is 0 Å². The van der Waals surface area contributed by atoms with E-state index in [1.807, 2.05) is 36.7 Å². The van der Waals surface area contributed by atoms with E-state index in [2.05, 4.69) is 20.6 Å². The molecule has 0 radical (unpaired) electrons. The van der Waals surface area contributed by atoms with E-state index in [0.29, 0.717) is 40.7 Å². The van der Waals surface area contributed by atoms with Crippen molar-refractivity contribution in [1.29, 1.82) is 0 Å². The van der Waals surface area contributed by atoms with Crippen molar-refractivity contribution in [3.8, 4) is 0 Å². The molecule has 8 nitrogen and oxygen atoms in total. The minimum atomic E-state index is -0.965. The van der Waals surface area contributed by atoms with Crippen molar-refractivity contribution in [2.24, 2.45) is 7.05 Å². The molecular weight excluding hydrogens is 382 g/mol. The predicted molar refractivity (Wildman–Crippen MR) is 116 cm³/mol. The minimum absolute atomic E-state index is 0.111. The van der Waals surface area contributed by atoms with Gasteiger partial charge in [0.15, 0.2) is 5.58 Å². The Labute approximate surface area is 173 Å². The Balaban J connectivity index is 1.63. The summed E-state index contributed by atoms with van der Waals surface area (Å²) in [6, 6.07) is 11.2. The van der Waals surface area contributed by atoms with E-state index in [0.717, 1.165) is 17.5 Å². The van der Waals surface area contributed by atoms with E-state index in [-0.39, 0.29) is 5.91 Å². The highest BCUT2D eigenvalue weighted by Gasteiger charge is 2.18. The summed E-state index contributed by atoms with van der Waals surface area (Å²) in [5.41, 5.74) is 3.18. The van der Waals surface area contributed by atoms with Gasteiger partial charge < -0.3 is 19.4 Å². The number of aryl methyl sites for hydroxylation is 1. The highest BCUT2D eigenvalue weighted by molar-refractivity contribution is 5.97. The molecule has 0 saturated carbocycles. The van der Waals surface area contributed by atoms with Crippen LogP contribution in [0.5, 0.6) is 0 Å². The Morgan fingerprint density at radius 1 is 1.17 bits per heavy atom. The molecule has 8 heteroatoms. The Hall–Kier alpha value is -3.39. The van der Waals surface area contributed by atoms with E-state index in [9.17, 15) is 9.90 Å². The summed E-state index contributed by atoms with van der Waals surface area (Å²) < 4.78 is 7.69. The number of fused-ring (bicyclic) bond motifs is 2. The zero-order valence-corrected chi connectivity index (χ0v) is 17.5. The number of amides is 1. The van der Waals surface area contributed by atoms with E-state index in [1.165, 1.54) is 0 Å². The molecule has 2 aromatic heterocycles. The number of hydrogen-bond acceptors (Lipinski definition) is 6. The summed E-state index contributed by atoms with van der Waals surface area (Å²) >= 11 is 0. The van der Waals surface area contributed by atoms with Gasteiger partial charge in [0.2, 0.25) is 5.95 Å². The molecule has 0 spiro atoms. The van der Waals surface area contributed by atoms with Gasteiger partial charge in [0, 0.05) is 19.2 Å². The molecule has 0 atom stereocenters. The fraction of sp³-hybridized carbons (Fsp3) is 0.318. The second kappa shape index (κ2) is 7.46. The van der Waals surface area contributed by atoms with E-state index in [4.69, 9.17) is 4.42 Å². The number of nitrogens with one attached hydrogen (secondary N) is 2. The number of aliphatic hydroxyl groups is 1. The molecule has 0 saturated heterocycles. The number of anilines is 2. The van der Waals surface area contributed by atoms with Crippen molar-refractivity contribution in [2.75, 3.05) is 11.9 Å². The average Bonchev–Trinajstić information content (AvgIpc) is 3.25. The molecule has 3 N–H and O–H groups in total. The molecule has 0 bridgehead atoms. The van der Waals surface area contributed by atoms with Gasteiger partial charge in [0.1, 0.15) is 5.52 Å². The molecule has 156 valence electrons. The van der Waals surface area contributed by atoms with Crippen molar-refractivity contribution < 1.29 is 14.3 Å². The summed E-state index contributed by atoms with van der Waals surface area (Å²) in [5, 5.41) is 16.2. The summed E-state index contributed by atoms with van der Waals surface area (Å²) in [4.78, 5) is 21.3. The number of benzene rings is 2. The second-order valence-corrected chi connectivity index (χ2v) is 7.84. The predicted octanol–water partition coefficient (Wildman–Crippen LogP) is 3.83. The van der Waals surface area contributed by atoms with Gasteiger partial charge in [-0.15, -0.1) is 0 Å². The number of nitrogens with zero attached hydrogens (tertiary/aromatic N) is 3. The Morgan fingerprint density at radius 3 is 2.70 bits per heavy atom. The summed E-state index contributed by atoms with van der Waals surface area (Å²) in [6.45, 7) is 6.09. The smallest absolute Gasteiger partial charge is 0.302 e. The minimum Gasteiger partial charge on any atom is -0.423 e. The molecular formula is C22H25N5O3. The van der Waals surface area contributed by atoms with Crippen molar-refractivity contribution >= 4 is 40.0 Å². The van der Waals surface area contributed by atoms with Gasteiger partial charge >= 0.3 is 6.01 Å². The molecule has 2 heterocycles. The maximum Gasteiger partial charge on any atom is 0.302 e. The highest BCUT2D eigenvalue weighted by Crippen LogP contribution is 2.28. The van der Waals surface area contributed by atoms with Crippen molar-refractivity contribution in [3.05, 3.63) is 47.5 Å². The highest BCUT2D eigenvalue weighted by atomic mass is 16.4. The first kappa shape index (κ1) is 19.9. The number of oxazole rings is 1. The molecule has 0 aliphatic carbocycles. The third-order valence-electron chi connectivity index (χ3n) is 4.99. The van der Waals surface area contributed by atoms with Crippen LogP contribution in [-0.4, -0.2) is 32.1 Å². The average molecular weight is 407 g/mol. The quantitative estimate of drug-likeness (QED) is 0.449. The number of imidazole rings is 1. The first-order chi connectivity index (χ1) is 14.3. The lowest BCUT2D eigenvalue weighted by atomic mass is 9.98. The largest absolute Gasteiger partial charge is 0.423 e. The zero-order valence-electron chi connectivity index (χ0n) is 17.5. The van der Waals surface area contributed by atoms with Crippen molar-refractivity contribution in [2.45, 2.75) is 32.8 Å². The van der Waals surface area contributed by atoms with Gasteiger partial charge in [0.25, 0.3) is 5.91 Å². The van der Waals surface area contributed by atoms with Gasteiger partial charge in [-0.2, -0.15) is 4.98 Å². The maximum absolute atomic E-state index is 12.2. The lowest BCUT2D eigenvalue weighted by Gasteiger charge is -2.16. The molecule has 30 heavy (non-hydrogen) atoms. The summed E-state index contributed by atoms with van der Waals surface area (Å²) in [7, 11) is 1.88. The van der Waals surface area contributed by atoms with Crippen LogP contribution in [0.15, 0.2) is 40.8 Å². The monoisotopic (exact) mass is 407 g/mol. The molecule has 4 aromatic rings. The third kappa shape index (κ3) is 3.73. The van der Waals surface area contributed by atoms with Gasteiger partial charge in [-0.05, 0) is 56.2 Å². The molecule has 0 aliphatic rings. The first-order valence-electron chi connectivity index (χ1n) is 9.91. The molecule has 0 aliphatic heterocycles. The van der Waals surface area contributed by atoms with Crippen molar-refractivity contribution in [1.82, 2.24) is 19.9 Å². The number of hydrogen-bond donors (Lipinski definition) is 3. The molecule has 4 rings (SSSR count). The summed E-state index contributed by atoms with van der Waals surface area (Å²) in [6.07, 6.45) is 0.882. The maximum atomic E-state index is 12.2. The van der Waals surface area contributed by atoms with Crippen LogP contribution in [0.4, 0.5) is 12.0 Å². The topological polar surface area (TPSA) is 105 Å². The van der Waals surface area contributed by atoms with Crippen LogP contribution >= 0.6 is 0 Å². The van der Waals surface area contributed by atoms with Crippen LogP contribution in [-0.2, 0) is 12.6 Å². The van der Waals surface area contributed by atoms with E-state index >= 15 is 0 Å². The van der Waals surface area contributed by atoms with Crippen LogP contribution in [0.1, 0.15) is 43.1 Å². The van der Waals surface area contributed by atoms with Crippen molar-refractivity contribution in [3.63, 3.8) is 0 Å². The molecule has 2 aromatic carbocycles. The zero-order chi connectivity index (χ0) is 21.5. The number of aromatic nitrogens is 3. The third-order valence-corrected chi connectivity index (χ3v) is 4.99. The Bertz CT molecular complexity index is 1230. The molecule has 0 unspecified atom stereocenters. The summed E-state index contributed by atoms with van der Waals surface area (Å²) in [5.74, 6) is 0.436. The van der Waals surface area contributed by atoms with Crippen LogP contribution < -0.4 is 10.6 Å². The Morgan fingerprint density at radius 2 is 1.97 bits per heavy atom. The standard InChI is InChI=1S/C22H25N5O3/c1-5-10-23-19(28)13-6-9-17-16(11-13)24-20(27(17)4)26-21-25-15-8-7-14(22(2,3)29)12-18(15)30-21/h6-9,11-12,29H,5,10H2,1-4H3,(H,23,28)(H,24,25,26). The molecule has 1 amide bonds. The molecule has 0 fully saturated rings. The van der Waals surface area contributed by atoms with Gasteiger partial charge in [-0.3, -0.25) is 10.1 Å².